The molecule has 0 spiro atoms. The lowest BCUT2D eigenvalue weighted by molar-refractivity contribution is 0.180. The SMILES string of the molecule is CCS(=O)(=O)c1ncc(CN2CCN(c3ccccc3)CC2)n1CCOC. The van der Waals surface area contributed by atoms with E-state index in [1.807, 2.05) is 6.07 Å². The molecule has 148 valence electrons. The van der Waals surface area contributed by atoms with Crippen LogP contribution < -0.4 is 4.90 Å². The molecule has 0 radical (unpaired) electrons. The fourth-order valence-electron chi connectivity index (χ4n) is 3.35. The van der Waals surface area contributed by atoms with Gasteiger partial charge in [0.1, 0.15) is 0 Å². The summed E-state index contributed by atoms with van der Waals surface area (Å²) in [4.78, 5) is 8.95. The molecule has 0 unspecified atom stereocenters. The van der Waals surface area contributed by atoms with E-state index in [2.05, 4.69) is 39.0 Å². The van der Waals surface area contributed by atoms with Gasteiger partial charge in [-0.15, -0.1) is 0 Å². The van der Waals surface area contributed by atoms with E-state index < -0.39 is 9.84 Å². The summed E-state index contributed by atoms with van der Waals surface area (Å²) >= 11 is 0. The zero-order chi connectivity index (χ0) is 19.3. The number of piperazine rings is 1. The average molecular weight is 393 g/mol. The van der Waals surface area contributed by atoms with E-state index in [9.17, 15) is 8.42 Å². The van der Waals surface area contributed by atoms with Crippen LogP contribution in [0.25, 0.3) is 0 Å². The highest BCUT2D eigenvalue weighted by Crippen LogP contribution is 2.19. The number of nitrogens with zero attached hydrogens (tertiary/aromatic N) is 4. The van der Waals surface area contributed by atoms with Crippen molar-refractivity contribution in [2.24, 2.45) is 0 Å². The number of hydrogen-bond acceptors (Lipinski definition) is 6. The van der Waals surface area contributed by atoms with Gasteiger partial charge in [-0.3, -0.25) is 4.90 Å². The molecular weight excluding hydrogens is 364 g/mol. The number of sulfone groups is 1. The van der Waals surface area contributed by atoms with Crippen LogP contribution in [0, 0.1) is 0 Å². The molecule has 0 bridgehead atoms. The van der Waals surface area contributed by atoms with Crippen molar-refractivity contribution >= 4 is 15.5 Å². The van der Waals surface area contributed by atoms with Gasteiger partial charge in [-0.25, -0.2) is 13.4 Å². The van der Waals surface area contributed by atoms with Crippen molar-refractivity contribution < 1.29 is 13.2 Å². The van der Waals surface area contributed by atoms with E-state index >= 15 is 0 Å². The van der Waals surface area contributed by atoms with Gasteiger partial charge in [0, 0.05) is 52.1 Å². The van der Waals surface area contributed by atoms with Crippen LogP contribution in [0.1, 0.15) is 12.6 Å². The van der Waals surface area contributed by atoms with Crippen LogP contribution in [0.4, 0.5) is 5.69 Å². The van der Waals surface area contributed by atoms with Crippen molar-refractivity contribution in [3.8, 4) is 0 Å². The standard InChI is InChI=1S/C19H28N4O3S/c1-3-27(24,25)19-20-15-18(23(19)13-14-26-2)16-21-9-11-22(12-10-21)17-7-5-4-6-8-17/h4-8,15H,3,9-14,16H2,1-2H3. The van der Waals surface area contributed by atoms with Gasteiger partial charge in [0.2, 0.25) is 15.0 Å². The molecule has 1 fully saturated rings. The Morgan fingerprint density at radius 3 is 2.44 bits per heavy atom. The van der Waals surface area contributed by atoms with Crippen LogP contribution in [0.15, 0.2) is 41.7 Å². The predicted octanol–water partition coefficient (Wildman–Crippen LogP) is 1.65. The van der Waals surface area contributed by atoms with E-state index in [1.165, 1.54) is 5.69 Å². The molecule has 1 aliphatic heterocycles. The average Bonchev–Trinajstić information content (AvgIpc) is 3.11. The van der Waals surface area contributed by atoms with Crippen LogP contribution in [0.5, 0.6) is 0 Å². The minimum Gasteiger partial charge on any atom is -0.383 e. The predicted molar refractivity (Wildman–Crippen MR) is 106 cm³/mol. The Bertz CT molecular complexity index is 828. The first kappa shape index (κ1) is 19.9. The minimum absolute atomic E-state index is 0.0478. The van der Waals surface area contributed by atoms with Crippen LogP contribution >= 0.6 is 0 Å². The molecule has 2 heterocycles. The number of para-hydroxylation sites is 1. The first-order valence-electron chi connectivity index (χ1n) is 9.33. The first-order chi connectivity index (χ1) is 13.0. The Labute approximate surface area is 161 Å². The number of benzene rings is 1. The fourth-order valence-corrected chi connectivity index (χ4v) is 4.37. The molecule has 0 atom stereocenters. The van der Waals surface area contributed by atoms with E-state index in [-0.39, 0.29) is 10.9 Å². The monoisotopic (exact) mass is 392 g/mol. The third kappa shape index (κ3) is 4.69. The van der Waals surface area contributed by atoms with Gasteiger partial charge in [0.05, 0.1) is 24.3 Å². The van der Waals surface area contributed by atoms with E-state index in [0.29, 0.717) is 19.7 Å². The lowest BCUT2D eigenvalue weighted by Crippen LogP contribution is -2.46. The molecule has 8 heteroatoms. The van der Waals surface area contributed by atoms with Crippen molar-refractivity contribution in [1.82, 2.24) is 14.5 Å². The zero-order valence-electron chi connectivity index (χ0n) is 16.0. The van der Waals surface area contributed by atoms with Crippen LogP contribution in [-0.2, 0) is 27.7 Å². The van der Waals surface area contributed by atoms with E-state index in [1.54, 1.807) is 24.8 Å². The maximum absolute atomic E-state index is 12.3. The summed E-state index contributed by atoms with van der Waals surface area (Å²) < 4.78 is 31.7. The van der Waals surface area contributed by atoms with Gasteiger partial charge in [0.15, 0.2) is 0 Å². The molecule has 0 amide bonds. The zero-order valence-corrected chi connectivity index (χ0v) is 16.9. The van der Waals surface area contributed by atoms with E-state index in [0.717, 1.165) is 31.9 Å². The maximum atomic E-state index is 12.3. The molecule has 1 aliphatic rings. The largest absolute Gasteiger partial charge is 0.383 e. The van der Waals surface area contributed by atoms with Gasteiger partial charge in [-0.05, 0) is 12.1 Å². The minimum atomic E-state index is -3.35. The van der Waals surface area contributed by atoms with Crippen molar-refractivity contribution in [2.75, 3.05) is 50.5 Å². The topological polar surface area (TPSA) is 67.7 Å². The van der Waals surface area contributed by atoms with Gasteiger partial charge in [-0.2, -0.15) is 0 Å². The molecule has 1 aromatic carbocycles. The summed E-state index contributed by atoms with van der Waals surface area (Å²) in [5.41, 5.74) is 2.17. The lowest BCUT2D eigenvalue weighted by atomic mass is 10.2. The highest BCUT2D eigenvalue weighted by atomic mass is 32.2. The van der Waals surface area contributed by atoms with Crippen molar-refractivity contribution in [3.05, 3.63) is 42.2 Å². The number of aromatic nitrogens is 2. The normalized spacial score (nSPS) is 16.0. The van der Waals surface area contributed by atoms with Crippen molar-refractivity contribution in [2.45, 2.75) is 25.2 Å². The third-order valence-electron chi connectivity index (χ3n) is 4.96. The molecule has 3 rings (SSSR count). The van der Waals surface area contributed by atoms with Crippen molar-refractivity contribution in [1.29, 1.82) is 0 Å². The Morgan fingerprint density at radius 1 is 1.11 bits per heavy atom. The molecule has 0 N–H and O–H groups in total. The number of methoxy groups -OCH3 is 1. The number of hydrogen-bond donors (Lipinski definition) is 0. The Balaban J connectivity index is 1.69. The summed E-state index contributed by atoms with van der Waals surface area (Å²) in [6.45, 7) is 7.06. The second kappa shape index (κ2) is 8.86. The number of imidazole rings is 1. The molecule has 27 heavy (non-hydrogen) atoms. The second-order valence-electron chi connectivity index (χ2n) is 6.68. The summed E-state index contributed by atoms with van der Waals surface area (Å²) in [7, 11) is -1.74. The van der Waals surface area contributed by atoms with Crippen LogP contribution in [0.3, 0.4) is 0 Å². The Hall–Kier alpha value is -1.90. The molecule has 1 aromatic heterocycles. The summed E-state index contributed by atoms with van der Waals surface area (Å²) in [5.74, 6) is 0.0478. The van der Waals surface area contributed by atoms with Gasteiger partial charge >= 0.3 is 0 Å². The molecular formula is C19H28N4O3S. The number of anilines is 1. The Kier molecular flexibility index (Phi) is 6.51. The molecule has 7 nitrogen and oxygen atoms in total. The quantitative estimate of drug-likeness (QED) is 0.680. The van der Waals surface area contributed by atoms with E-state index in [4.69, 9.17) is 4.74 Å². The third-order valence-corrected chi connectivity index (χ3v) is 6.60. The Morgan fingerprint density at radius 2 is 1.81 bits per heavy atom. The molecule has 2 aromatic rings. The highest BCUT2D eigenvalue weighted by Gasteiger charge is 2.24. The summed E-state index contributed by atoms with van der Waals surface area (Å²) in [6, 6.07) is 10.4. The molecule has 0 aliphatic carbocycles. The fraction of sp³-hybridized carbons (Fsp3) is 0.526. The first-order valence-corrected chi connectivity index (χ1v) is 11.0. The lowest BCUT2D eigenvalue weighted by Gasteiger charge is -2.36. The smallest absolute Gasteiger partial charge is 0.227 e. The molecule has 0 saturated carbocycles. The summed E-state index contributed by atoms with van der Waals surface area (Å²) in [5, 5.41) is 0.153. The van der Waals surface area contributed by atoms with Gasteiger partial charge in [-0.1, -0.05) is 25.1 Å². The maximum Gasteiger partial charge on any atom is 0.227 e. The summed E-state index contributed by atoms with van der Waals surface area (Å²) in [6.07, 6.45) is 1.70. The number of rotatable bonds is 8. The van der Waals surface area contributed by atoms with Gasteiger partial charge in [0.25, 0.3) is 0 Å². The van der Waals surface area contributed by atoms with Crippen molar-refractivity contribution in [3.63, 3.8) is 0 Å². The number of ether oxygens (including phenoxy) is 1. The second-order valence-corrected chi connectivity index (χ2v) is 8.85. The van der Waals surface area contributed by atoms with Crippen LogP contribution in [-0.4, -0.2) is 68.5 Å². The highest BCUT2D eigenvalue weighted by molar-refractivity contribution is 7.91. The molecule has 1 saturated heterocycles. The van der Waals surface area contributed by atoms with Crippen LogP contribution in [0.2, 0.25) is 0 Å². The van der Waals surface area contributed by atoms with Gasteiger partial charge < -0.3 is 14.2 Å².